The summed E-state index contributed by atoms with van der Waals surface area (Å²) in [7, 11) is 3.89. The quantitative estimate of drug-likeness (QED) is 0.877. The highest BCUT2D eigenvalue weighted by atomic mass is 79.9. The highest BCUT2D eigenvalue weighted by Gasteiger charge is 2.07. The van der Waals surface area contributed by atoms with Crippen molar-refractivity contribution >= 4 is 21.6 Å². The Bertz CT molecular complexity index is 586. The summed E-state index contributed by atoms with van der Waals surface area (Å²) in [6.45, 7) is 1.36. The molecule has 0 amide bonds. The number of hydrogen-bond acceptors (Lipinski definition) is 2. The fraction of sp³-hybridized carbons (Fsp3) is 0.250. The van der Waals surface area contributed by atoms with Crippen LogP contribution in [-0.4, -0.2) is 19.0 Å². The minimum atomic E-state index is -0.163. The van der Waals surface area contributed by atoms with Crippen molar-refractivity contribution in [3.05, 3.63) is 63.9 Å². The summed E-state index contributed by atoms with van der Waals surface area (Å²) < 4.78 is 14.6. The van der Waals surface area contributed by atoms with E-state index in [1.54, 1.807) is 6.07 Å². The van der Waals surface area contributed by atoms with Crippen molar-refractivity contribution in [2.24, 2.45) is 0 Å². The molecule has 20 heavy (non-hydrogen) atoms. The van der Waals surface area contributed by atoms with Crippen molar-refractivity contribution in [2.45, 2.75) is 13.1 Å². The molecule has 0 saturated carbocycles. The van der Waals surface area contributed by atoms with Gasteiger partial charge in [-0.25, -0.2) is 4.39 Å². The van der Waals surface area contributed by atoms with Crippen molar-refractivity contribution in [1.29, 1.82) is 0 Å². The monoisotopic (exact) mass is 336 g/mol. The molecule has 0 aliphatic carbocycles. The molecular weight excluding hydrogens is 319 g/mol. The van der Waals surface area contributed by atoms with Gasteiger partial charge < -0.3 is 5.32 Å². The predicted molar refractivity (Wildman–Crippen MR) is 85.3 cm³/mol. The van der Waals surface area contributed by atoms with Gasteiger partial charge in [-0.15, -0.1) is 0 Å². The molecule has 0 saturated heterocycles. The normalized spacial score (nSPS) is 10.8. The number of anilines is 1. The largest absolute Gasteiger partial charge is 0.388 e. The second-order valence-corrected chi connectivity index (χ2v) is 5.77. The Morgan fingerprint density at radius 2 is 1.95 bits per heavy atom. The van der Waals surface area contributed by atoms with Crippen LogP contribution in [0.2, 0.25) is 0 Å². The second kappa shape index (κ2) is 6.86. The maximum atomic E-state index is 13.7. The molecule has 0 bridgehead atoms. The van der Waals surface area contributed by atoms with Gasteiger partial charge in [0.15, 0.2) is 0 Å². The van der Waals surface area contributed by atoms with Gasteiger partial charge in [-0.05, 0) is 42.9 Å². The molecule has 106 valence electrons. The smallest absolute Gasteiger partial charge is 0.127 e. The number of rotatable bonds is 5. The van der Waals surface area contributed by atoms with Gasteiger partial charge in [0.2, 0.25) is 0 Å². The van der Waals surface area contributed by atoms with Crippen LogP contribution in [0.4, 0.5) is 10.1 Å². The summed E-state index contributed by atoms with van der Waals surface area (Å²) in [5, 5.41) is 3.12. The Hall–Kier alpha value is -1.39. The van der Waals surface area contributed by atoms with E-state index in [-0.39, 0.29) is 5.82 Å². The molecule has 1 N–H and O–H groups in total. The van der Waals surface area contributed by atoms with Crippen molar-refractivity contribution in [3.63, 3.8) is 0 Å². The van der Waals surface area contributed by atoms with Crippen LogP contribution in [0.15, 0.2) is 46.9 Å². The zero-order chi connectivity index (χ0) is 14.5. The molecule has 2 aromatic carbocycles. The minimum absolute atomic E-state index is 0.163. The first kappa shape index (κ1) is 15.0. The number of hydrogen-bond donors (Lipinski definition) is 1. The van der Waals surface area contributed by atoms with Crippen LogP contribution in [-0.2, 0) is 13.1 Å². The summed E-state index contributed by atoms with van der Waals surface area (Å²) in [4.78, 5) is 2.10. The van der Waals surface area contributed by atoms with E-state index in [0.29, 0.717) is 12.1 Å². The molecule has 0 atom stereocenters. The average molecular weight is 337 g/mol. The second-order valence-electron chi connectivity index (χ2n) is 4.86. The maximum Gasteiger partial charge on any atom is 0.127 e. The summed E-state index contributed by atoms with van der Waals surface area (Å²) in [6, 6.07) is 13.3. The molecule has 2 aromatic rings. The van der Waals surface area contributed by atoms with E-state index in [9.17, 15) is 4.39 Å². The number of benzene rings is 2. The molecule has 4 heteroatoms. The first-order valence-electron chi connectivity index (χ1n) is 6.47. The van der Waals surface area contributed by atoms with Gasteiger partial charge in [0.25, 0.3) is 0 Å². The standard InChI is InChI=1S/C16H18BrFN2/c1-19-15-5-3-4-12(8-15)10-20(2)11-13-9-14(17)6-7-16(13)18/h3-9,19H,10-11H2,1-2H3. The molecule has 0 unspecified atom stereocenters. The van der Waals surface area contributed by atoms with Crippen LogP contribution in [0.1, 0.15) is 11.1 Å². The highest BCUT2D eigenvalue weighted by molar-refractivity contribution is 9.10. The molecule has 2 nitrogen and oxygen atoms in total. The SMILES string of the molecule is CNc1cccc(CN(C)Cc2cc(Br)ccc2F)c1. The summed E-state index contributed by atoms with van der Waals surface area (Å²) in [5.74, 6) is -0.163. The van der Waals surface area contributed by atoms with Crippen molar-refractivity contribution in [2.75, 3.05) is 19.4 Å². The van der Waals surface area contributed by atoms with E-state index in [2.05, 4.69) is 38.3 Å². The first-order valence-corrected chi connectivity index (χ1v) is 7.27. The van der Waals surface area contributed by atoms with Crippen molar-refractivity contribution < 1.29 is 4.39 Å². The molecule has 0 aliphatic heterocycles. The Balaban J connectivity index is 2.04. The molecule has 0 aliphatic rings. The van der Waals surface area contributed by atoms with Gasteiger partial charge in [-0.3, -0.25) is 4.90 Å². The molecule has 0 heterocycles. The van der Waals surface area contributed by atoms with Crippen molar-refractivity contribution in [1.82, 2.24) is 4.90 Å². The van der Waals surface area contributed by atoms with Gasteiger partial charge in [0.05, 0.1) is 0 Å². The lowest BCUT2D eigenvalue weighted by Gasteiger charge is -2.18. The van der Waals surface area contributed by atoms with Crippen LogP contribution < -0.4 is 5.32 Å². The van der Waals surface area contributed by atoms with E-state index in [4.69, 9.17) is 0 Å². The van der Waals surface area contributed by atoms with Crippen LogP contribution in [0.5, 0.6) is 0 Å². The topological polar surface area (TPSA) is 15.3 Å². The lowest BCUT2D eigenvalue weighted by atomic mass is 10.1. The van der Waals surface area contributed by atoms with Gasteiger partial charge in [-0.1, -0.05) is 28.1 Å². The molecule has 0 fully saturated rings. The number of nitrogens with zero attached hydrogens (tertiary/aromatic N) is 1. The molecule has 0 radical (unpaired) electrons. The molecular formula is C16H18BrFN2. The van der Waals surface area contributed by atoms with Crippen LogP contribution in [0.3, 0.4) is 0 Å². The number of halogens is 2. The van der Waals surface area contributed by atoms with E-state index < -0.39 is 0 Å². The third kappa shape index (κ3) is 4.05. The number of nitrogens with one attached hydrogen (secondary N) is 1. The van der Waals surface area contributed by atoms with Crippen LogP contribution >= 0.6 is 15.9 Å². The molecule has 0 aromatic heterocycles. The highest BCUT2D eigenvalue weighted by Crippen LogP contribution is 2.18. The molecule has 0 spiro atoms. The fourth-order valence-corrected chi connectivity index (χ4v) is 2.56. The lowest BCUT2D eigenvalue weighted by Crippen LogP contribution is -2.18. The third-order valence-electron chi connectivity index (χ3n) is 3.12. The summed E-state index contributed by atoms with van der Waals surface area (Å²) >= 11 is 3.38. The predicted octanol–water partition coefficient (Wildman–Crippen LogP) is 4.26. The Kier molecular flexibility index (Phi) is 5.15. The lowest BCUT2D eigenvalue weighted by molar-refractivity contribution is 0.313. The summed E-state index contributed by atoms with van der Waals surface area (Å²) in [5.41, 5.74) is 2.99. The Morgan fingerprint density at radius 3 is 2.70 bits per heavy atom. The van der Waals surface area contributed by atoms with E-state index in [1.165, 1.54) is 11.6 Å². The Morgan fingerprint density at radius 1 is 1.15 bits per heavy atom. The Labute approximate surface area is 127 Å². The third-order valence-corrected chi connectivity index (χ3v) is 3.61. The van der Waals surface area contributed by atoms with Gasteiger partial charge in [-0.2, -0.15) is 0 Å². The van der Waals surface area contributed by atoms with Gasteiger partial charge in [0.1, 0.15) is 5.82 Å². The van der Waals surface area contributed by atoms with Crippen LogP contribution in [0.25, 0.3) is 0 Å². The summed E-state index contributed by atoms with van der Waals surface area (Å²) in [6.07, 6.45) is 0. The van der Waals surface area contributed by atoms with Gasteiger partial charge in [0, 0.05) is 35.9 Å². The van der Waals surface area contributed by atoms with Crippen LogP contribution in [0, 0.1) is 5.82 Å². The first-order chi connectivity index (χ1) is 9.58. The van der Waals surface area contributed by atoms with Gasteiger partial charge >= 0.3 is 0 Å². The van der Waals surface area contributed by atoms with E-state index in [1.807, 2.05) is 32.3 Å². The maximum absolute atomic E-state index is 13.7. The van der Waals surface area contributed by atoms with E-state index >= 15 is 0 Å². The fourth-order valence-electron chi connectivity index (χ4n) is 2.15. The van der Waals surface area contributed by atoms with E-state index in [0.717, 1.165) is 16.7 Å². The molecule has 2 rings (SSSR count). The zero-order valence-electron chi connectivity index (χ0n) is 11.7. The zero-order valence-corrected chi connectivity index (χ0v) is 13.2. The average Bonchev–Trinajstić information content (AvgIpc) is 2.43. The minimum Gasteiger partial charge on any atom is -0.388 e. The van der Waals surface area contributed by atoms with Crippen molar-refractivity contribution in [3.8, 4) is 0 Å².